The van der Waals surface area contributed by atoms with Crippen molar-refractivity contribution in [2.75, 3.05) is 0 Å². The normalized spacial score (nSPS) is 14.0. The van der Waals surface area contributed by atoms with Gasteiger partial charge in [-0.1, -0.05) is 59.7 Å². The summed E-state index contributed by atoms with van der Waals surface area (Å²) < 4.78 is 12.0. The molecule has 1 aromatic rings. The minimum absolute atomic E-state index is 0.0140. The lowest BCUT2D eigenvalue weighted by molar-refractivity contribution is -0.141. The highest BCUT2D eigenvalue weighted by Crippen LogP contribution is 2.41. The van der Waals surface area contributed by atoms with Gasteiger partial charge in [0.15, 0.2) is 8.32 Å². The van der Waals surface area contributed by atoms with Gasteiger partial charge < -0.3 is 9.16 Å². The van der Waals surface area contributed by atoms with Crippen molar-refractivity contribution < 1.29 is 18.8 Å². The standard InChI is InChI=1S/C21H34O4Si/c1-9-17(22)21(5,6)18(25-26(7,8)20(2,3)4)15-19(23)24-16-13-11-10-12-14-16/h10-14,18H,9,15H2,1-8H3. The number of hydrogen-bond donors (Lipinski definition) is 0. The Hall–Kier alpha value is -1.46. The summed E-state index contributed by atoms with van der Waals surface area (Å²) in [6.45, 7) is 16.3. The number of carbonyl (C=O) groups excluding carboxylic acids is 2. The van der Waals surface area contributed by atoms with Crippen LogP contribution in [0.15, 0.2) is 30.3 Å². The third-order valence-electron chi connectivity index (χ3n) is 5.41. The maximum Gasteiger partial charge on any atom is 0.313 e. The fourth-order valence-electron chi connectivity index (χ4n) is 2.42. The van der Waals surface area contributed by atoms with Crippen LogP contribution in [-0.2, 0) is 14.0 Å². The Morgan fingerprint density at radius 3 is 2.04 bits per heavy atom. The van der Waals surface area contributed by atoms with Crippen molar-refractivity contribution in [2.24, 2.45) is 5.41 Å². The molecule has 0 N–H and O–H groups in total. The van der Waals surface area contributed by atoms with E-state index in [9.17, 15) is 9.59 Å². The molecule has 146 valence electrons. The number of carbonyl (C=O) groups is 2. The van der Waals surface area contributed by atoms with Crippen molar-refractivity contribution in [2.45, 2.75) is 78.6 Å². The first kappa shape index (κ1) is 22.6. The maximum atomic E-state index is 12.5. The van der Waals surface area contributed by atoms with E-state index in [2.05, 4.69) is 33.9 Å². The second-order valence-corrected chi connectivity index (χ2v) is 13.6. The smallest absolute Gasteiger partial charge is 0.313 e. The monoisotopic (exact) mass is 378 g/mol. The Morgan fingerprint density at radius 1 is 1.04 bits per heavy atom. The third kappa shape index (κ3) is 5.78. The molecule has 0 heterocycles. The van der Waals surface area contributed by atoms with Crippen LogP contribution in [0.2, 0.25) is 18.1 Å². The van der Waals surface area contributed by atoms with Crippen molar-refractivity contribution in [3.05, 3.63) is 30.3 Å². The van der Waals surface area contributed by atoms with E-state index in [1.54, 1.807) is 12.1 Å². The Kier molecular flexibility index (Phi) is 7.37. The van der Waals surface area contributed by atoms with E-state index >= 15 is 0 Å². The second kappa shape index (κ2) is 8.48. The molecule has 0 saturated carbocycles. The fourth-order valence-corrected chi connectivity index (χ4v) is 3.87. The highest BCUT2D eigenvalue weighted by molar-refractivity contribution is 6.74. The summed E-state index contributed by atoms with van der Waals surface area (Å²) in [6, 6.07) is 8.98. The second-order valence-electron chi connectivity index (χ2n) is 8.86. The van der Waals surface area contributed by atoms with E-state index in [1.165, 1.54) is 0 Å². The SMILES string of the molecule is CCC(=O)C(C)(C)C(CC(=O)Oc1ccccc1)O[Si](C)(C)C(C)(C)C. The number of ether oxygens (including phenoxy) is 1. The van der Waals surface area contributed by atoms with Gasteiger partial charge in [0.25, 0.3) is 0 Å². The quantitative estimate of drug-likeness (QED) is 0.346. The Morgan fingerprint density at radius 2 is 1.58 bits per heavy atom. The number of Topliss-reactive ketones (excluding diaryl/α,β-unsaturated/α-hetero) is 1. The van der Waals surface area contributed by atoms with Gasteiger partial charge in [-0.15, -0.1) is 0 Å². The van der Waals surface area contributed by atoms with Gasteiger partial charge in [-0.2, -0.15) is 0 Å². The van der Waals surface area contributed by atoms with Gasteiger partial charge in [0, 0.05) is 11.8 Å². The van der Waals surface area contributed by atoms with Gasteiger partial charge in [0.1, 0.15) is 11.5 Å². The summed E-state index contributed by atoms with van der Waals surface area (Å²) in [5.74, 6) is 0.216. The molecule has 26 heavy (non-hydrogen) atoms. The van der Waals surface area contributed by atoms with Crippen LogP contribution in [-0.4, -0.2) is 26.2 Å². The number of rotatable bonds is 8. The van der Waals surface area contributed by atoms with E-state index in [1.807, 2.05) is 39.0 Å². The summed E-state index contributed by atoms with van der Waals surface area (Å²) in [5, 5.41) is -0.0140. The molecule has 1 unspecified atom stereocenters. The van der Waals surface area contributed by atoms with Gasteiger partial charge in [0.2, 0.25) is 0 Å². The van der Waals surface area contributed by atoms with Gasteiger partial charge in [-0.25, -0.2) is 0 Å². The number of ketones is 1. The number of esters is 1. The molecule has 1 atom stereocenters. The zero-order chi connectivity index (χ0) is 20.2. The number of hydrogen-bond acceptors (Lipinski definition) is 4. The fraction of sp³-hybridized carbons (Fsp3) is 0.619. The zero-order valence-corrected chi connectivity index (χ0v) is 18.5. The van der Waals surface area contributed by atoms with Crippen molar-refractivity contribution in [3.63, 3.8) is 0 Å². The van der Waals surface area contributed by atoms with E-state index in [0.717, 1.165) is 0 Å². The van der Waals surface area contributed by atoms with Gasteiger partial charge in [-0.05, 0) is 30.3 Å². The van der Waals surface area contributed by atoms with E-state index in [0.29, 0.717) is 12.2 Å². The summed E-state index contributed by atoms with van der Waals surface area (Å²) in [4.78, 5) is 25.1. The Balaban J connectivity index is 3.04. The van der Waals surface area contributed by atoms with Crippen LogP contribution in [0.25, 0.3) is 0 Å². The van der Waals surface area contributed by atoms with Crippen molar-refractivity contribution >= 4 is 20.1 Å². The molecule has 0 aromatic heterocycles. The summed E-state index contributed by atoms with van der Waals surface area (Å²) in [7, 11) is -2.16. The van der Waals surface area contributed by atoms with E-state index in [4.69, 9.17) is 9.16 Å². The molecule has 0 aliphatic carbocycles. The lowest BCUT2D eigenvalue weighted by atomic mass is 9.79. The summed E-state index contributed by atoms with van der Waals surface area (Å²) in [5.41, 5.74) is -0.750. The van der Waals surface area contributed by atoms with Crippen molar-refractivity contribution in [1.29, 1.82) is 0 Å². The molecule has 0 spiro atoms. The lowest BCUT2D eigenvalue weighted by Crippen LogP contribution is -2.50. The zero-order valence-electron chi connectivity index (χ0n) is 17.5. The lowest BCUT2D eigenvalue weighted by Gasteiger charge is -2.43. The molecule has 1 rings (SSSR count). The maximum absolute atomic E-state index is 12.5. The minimum atomic E-state index is -2.16. The van der Waals surface area contributed by atoms with Crippen LogP contribution in [0.4, 0.5) is 0 Å². The summed E-state index contributed by atoms with van der Waals surface area (Å²) in [6.07, 6.45) is -0.0369. The average molecular weight is 379 g/mol. The van der Waals surface area contributed by atoms with Gasteiger partial charge in [-0.3, -0.25) is 9.59 Å². The van der Waals surface area contributed by atoms with Crippen LogP contribution in [0, 0.1) is 5.41 Å². The predicted molar refractivity (Wildman–Crippen MR) is 108 cm³/mol. The number of benzene rings is 1. The molecule has 5 heteroatoms. The first-order chi connectivity index (χ1) is 11.8. The molecular formula is C21H34O4Si. The van der Waals surface area contributed by atoms with Gasteiger partial charge in [0.05, 0.1) is 12.5 Å². The predicted octanol–water partition coefficient (Wildman–Crippen LogP) is 5.38. The van der Waals surface area contributed by atoms with Crippen LogP contribution in [0.3, 0.4) is 0 Å². The van der Waals surface area contributed by atoms with Crippen LogP contribution >= 0.6 is 0 Å². The molecule has 0 radical (unpaired) electrons. The Bertz CT molecular complexity index is 615. The van der Waals surface area contributed by atoms with Gasteiger partial charge >= 0.3 is 5.97 Å². The molecule has 0 aliphatic rings. The van der Waals surface area contributed by atoms with E-state index in [-0.39, 0.29) is 23.2 Å². The largest absolute Gasteiger partial charge is 0.426 e. The third-order valence-corrected chi connectivity index (χ3v) is 9.90. The van der Waals surface area contributed by atoms with Crippen LogP contribution < -0.4 is 4.74 Å². The van der Waals surface area contributed by atoms with Crippen molar-refractivity contribution in [1.82, 2.24) is 0 Å². The first-order valence-electron chi connectivity index (χ1n) is 9.28. The summed E-state index contributed by atoms with van der Waals surface area (Å²) >= 11 is 0. The highest BCUT2D eigenvalue weighted by atomic mass is 28.4. The molecule has 0 aliphatic heterocycles. The molecule has 0 fully saturated rings. The first-order valence-corrected chi connectivity index (χ1v) is 12.2. The molecule has 0 bridgehead atoms. The minimum Gasteiger partial charge on any atom is -0.426 e. The molecule has 0 saturated heterocycles. The number of para-hydroxylation sites is 1. The highest BCUT2D eigenvalue weighted by Gasteiger charge is 2.45. The average Bonchev–Trinajstić information content (AvgIpc) is 2.52. The Labute approximate surface area is 159 Å². The van der Waals surface area contributed by atoms with Crippen molar-refractivity contribution in [3.8, 4) is 5.75 Å². The molecular weight excluding hydrogens is 344 g/mol. The molecule has 4 nitrogen and oxygen atoms in total. The van der Waals surface area contributed by atoms with Crippen LogP contribution in [0.5, 0.6) is 5.75 Å². The van der Waals surface area contributed by atoms with E-state index < -0.39 is 19.8 Å². The van der Waals surface area contributed by atoms with Crippen LogP contribution in [0.1, 0.15) is 54.4 Å². The molecule has 1 aromatic carbocycles. The molecule has 0 amide bonds. The topological polar surface area (TPSA) is 52.6 Å².